The van der Waals surface area contributed by atoms with Gasteiger partial charge in [-0.2, -0.15) is 0 Å². The van der Waals surface area contributed by atoms with E-state index in [1.165, 1.54) is 12.1 Å². The Morgan fingerprint density at radius 2 is 1.90 bits per heavy atom. The van der Waals surface area contributed by atoms with Gasteiger partial charge in [0.2, 0.25) is 10.0 Å². The van der Waals surface area contributed by atoms with Crippen LogP contribution in [-0.2, 0) is 16.4 Å². The first-order chi connectivity index (χ1) is 9.82. The molecule has 0 aliphatic rings. The molecule has 6 nitrogen and oxygen atoms in total. The average Bonchev–Trinajstić information content (AvgIpc) is 2.41. The third-order valence-electron chi connectivity index (χ3n) is 2.96. The van der Waals surface area contributed by atoms with Crippen molar-refractivity contribution in [3.8, 4) is 11.5 Å². The fraction of sp³-hybridized carbons (Fsp3) is 0.214. The van der Waals surface area contributed by atoms with E-state index in [1.807, 2.05) is 19.9 Å². The van der Waals surface area contributed by atoms with Crippen molar-refractivity contribution >= 4 is 15.7 Å². The average molecular weight is 307 g/mol. The van der Waals surface area contributed by atoms with Gasteiger partial charge in [-0.05, 0) is 37.6 Å². The van der Waals surface area contributed by atoms with Gasteiger partial charge in [-0.3, -0.25) is 4.98 Å². The molecule has 0 amide bonds. The molecule has 0 unspecified atom stereocenters. The summed E-state index contributed by atoms with van der Waals surface area (Å²) in [6, 6.07) is 8.05. The number of nitrogens with zero attached hydrogens (tertiary/aromatic N) is 1. The lowest BCUT2D eigenvalue weighted by atomic mass is 10.2. The molecule has 1 aromatic carbocycles. The van der Waals surface area contributed by atoms with Crippen LogP contribution in [0.2, 0.25) is 0 Å². The standard InChI is InChI=1S/C14H17N3O3S/c1-3-10-11(8-7-9(2)17-10)20-12-5-4-6-13(14(12)15)21(16,18)19/h4-8H,3,15H2,1-2H3,(H2,16,18,19). The predicted octanol–water partition coefficient (Wildman–Crippen LogP) is 1.97. The lowest BCUT2D eigenvalue weighted by Crippen LogP contribution is -2.14. The van der Waals surface area contributed by atoms with Gasteiger partial charge in [0, 0.05) is 5.69 Å². The van der Waals surface area contributed by atoms with E-state index in [1.54, 1.807) is 12.1 Å². The number of nitrogen functional groups attached to an aromatic ring is 1. The van der Waals surface area contributed by atoms with Gasteiger partial charge in [-0.25, -0.2) is 13.6 Å². The number of aromatic nitrogens is 1. The second-order valence-corrected chi connectivity index (χ2v) is 6.10. The predicted molar refractivity (Wildman–Crippen MR) is 80.7 cm³/mol. The highest BCUT2D eigenvalue weighted by Crippen LogP contribution is 2.33. The Labute approximate surface area is 123 Å². The number of hydrogen-bond donors (Lipinski definition) is 2. The van der Waals surface area contributed by atoms with Gasteiger partial charge in [0.05, 0.1) is 11.4 Å². The first-order valence-electron chi connectivity index (χ1n) is 6.38. The largest absolute Gasteiger partial charge is 0.453 e. The number of aryl methyl sites for hydroxylation is 2. The number of ether oxygens (including phenoxy) is 1. The van der Waals surface area contributed by atoms with Crippen LogP contribution >= 0.6 is 0 Å². The molecule has 2 rings (SSSR count). The second-order valence-electron chi connectivity index (χ2n) is 4.57. The maximum absolute atomic E-state index is 11.5. The van der Waals surface area contributed by atoms with E-state index in [9.17, 15) is 8.42 Å². The van der Waals surface area contributed by atoms with Crippen molar-refractivity contribution in [2.45, 2.75) is 25.2 Å². The summed E-state index contributed by atoms with van der Waals surface area (Å²) in [5, 5.41) is 5.12. The zero-order chi connectivity index (χ0) is 15.6. The minimum Gasteiger partial charge on any atom is -0.453 e. The molecule has 0 aliphatic heterocycles. The summed E-state index contributed by atoms with van der Waals surface area (Å²) in [4.78, 5) is 4.23. The molecular formula is C14H17N3O3S. The number of pyridine rings is 1. The number of benzene rings is 1. The molecule has 0 aliphatic carbocycles. The van der Waals surface area contributed by atoms with Gasteiger partial charge in [0.1, 0.15) is 10.6 Å². The van der Waals surface area contributed by atoms with Crippen molar-refractivity contribution < 1.29 is 13.2 Å². The summed E-state index contributed by atoms with van der Waals surface area (Å²) in [7, 11) is -3.89. The highest BCUT2D eigenvalue weighted by Gasteiger charge is 2.16. The van der Waals surface area contributed by atoms with Gasteiger partial charge in [-0.15, -0.1) is 0 Å². The quantitative estimate of drug-likeness (QED) is 0.839. The van der Waals surface area contributed by atoms with Crippen molar-refractivity contribution in [3.05, 3.63) is 41.7 Å². The smallest absolute Gasteiger partial charge is 0.240 e. The maximum atomic E-state index is 11.5. The molecule has 0 bridgehead atoms. The Hall–Kier alpha value is -2.12. The van der Waals surface area contributed by atoms with Crippen LogP contribution in [0.15, 0.2) is 35.2 Å². The first-order valence-corrected chi connectivity index (χ1v) is 7.93. The summed E-state index contributed by atoms with van der Waals surface area (Å²) in [6.07, 6.45) is 0.686. The van der Waals surface area contributed by atoms with E-state index in [4.69, 9.17) is 15.6 Å². The number of primary sulfonamides is 1. The molecule has 0 saturated heterocycles. The lowest BCUT2D eigenvalue weighted by Gasteiger charge is -2.13. The third kappa shape index (κ3) is 3.32. The van der Waals surface area contributed by atoms with Gasteiger partial charge < -0.3 is 10.5 Å². The van der Waals surface area contributed by atoms with Crippen LogP contribution in [0.25, 0.3) is 0 Å². The highest BCUT2D eigenvalue weighted by atomic mass is 32.2. The Bertz CT molecular complexity index is 773. The van der Waals surface area contributed by atoms with E-state index in [-0.39, 0.29) is 16.3 Å². The Morgan fingerprint density at radius 1 is 1.19 bits per heavy atom. The van der Waals surface area contributed by atoms with E-state index in [2.05, 4.69) is 4.98 Å². The van der Waals surface area contributed by atoms with Crippen molar-refractivity contribution in [2.75, 3.05) is 5.73 Å². The van der Waals surface area contributed by atoms with Crippen molar-refractivity contribution in [1.82, 2.24) is 4.98 Å². The van der Waals surface area contributed by atoms with Crippen LogP contribution in [0.1, 0.15) is 18.3 Å². The number of para-hydroxylation sites is 1. The monoisotopic (exact) mass is 307 g/mol. The SMILES string of the molecule is CCc1nc(C)ccc1Oc1cccc(S(N)(=O)=O)c1N. The summed E-state index contributed by atoms with van der Waals surface area (Å²) >= 11 is 0. The Balaban J connectivity index is 2.46. The molecule has 0 atom stereocenters. The number of hydrogen-bond acceptors (Lipinski definition) is 5. The van der Waals surface area contributed by atoms with Crippen LogP contribution in [0.5, 0.6) is 11.5 Å². The van der Waals surface area contributed by atoms with Crippen LogP contribution in [0, 0.1) is 6.92 Å². The summed E-state index contributed by atoms with van der Waals surface area (Å²) in [6.45, 7) is 3.84. The second kappa shape index (κ2) is 5.71. The Morgan fingerprint density at radius 3 is 2.52 bits per heavy atom. The fourth-order valence-electron chi connectivity index (χ4n) is 1.92. The molecule has 2 aromatic rings. The lowest BCUT2D eigenvalue weighted by molar-refractivity contribution is 0.473. The van der Waals surface area contributed by atoms with Gasteiger partial charge >= 0.3 is 0 Å². The zero-order valence-electron chi connectivity index (χ0n) is 11.8. The van der Waals surface area contributed by atoms with Crippen LogP contribution in [-0.4, -0.2) is 13.4 Å². The summed E-state index contributed by atoms with van der Waals surface area (Å²) in [5.41, 5.74) is 7.48. The molecule has 112 valence electrons. The molecule has 0 saturated carbocycles. The maximum Gasteiger partial charge on any atom is 0.240 e. The van der Waals surface area contributed by atoms with E-state index in [0.29, 0.717) is 12.2 Å². The van der Waals surface area contributed by atoms with Crippen LogP contribution in [0.4, 0.5) is 5.69 Å². The summed E-state index contributed by atoms with van der Waals surface area (Å²) < 4.78 is 28.6. The zero-order valence-corrected chi connectivity index (χ0v) is 12.6. The third-order valence-corrected chi connectivity index (χ3v) is 3.93. The van der Waals surface area contributed by atoms with Crippen LogP contribution in [0.3, 0.4) is 0 Å². The molecule has 0 spiro atoms. The van der Waals surface area contributed by atoms with E-state index >= 15 is 0 Å². The molecule has 7 heteroatoms. The number of nitrogens with two attached hydrogens (primary N) is 2. The Kier molecular flexibility index (Phi) is 4.15. The topological polar surface area (TPSA) is 108 Å². The molecule has 0 radical (unpaired) electrons. The number of rotatable bonds is 4. The molecule has 1 heterocycles. The van der Waals surface area contributed by atoms with Crippen molar-refractivity contribution in [1.29, 1.82) is 0 Å². The number of anilines is 1. The highest BCUT2D eigenvalue weighted by molar-refractivity contribution is 7.89. The molecule has 1 aromatic heterocycles. The minimum atomic E-state index is -3.89. The molecular weight excluding hydrogens is 290 g/mol. The van der Waals surface area contributed by atoms with Gasteiger partial charge in [0.15, 0.2) is 5.75 Å². The van der Waals surface area contributed by atoms with Crippen LogP contribution < -0.4 is 15.6 Å². The molecule has 0 fully saturated rings. The van der Waals surface area contributed by atoms with E-state index < -0.39 is 10.0 Å². The number of sulfonamides is 1. The van der Waals surface area contributed by atoms with E-state index in [0.717, 1.165) is 11.4 Å². The van der Waals surface area contributed by atoms with Crippen molar-refractivity contribution in [3.63, 3.8) is 0 Å². The van der Waals surface area contributed by atoms with Crippen molar-refractivity contribution in [2.24, 2.45) is 5.14 Å². The molecule has 4 N–H and O–H groups in total. The minimum absolute atomic E-state index is 0.0115. The van der Waals surface area contributed by atoms with Gasteiger partial charge in [-0.1, -0.05) is 13.0 Å². The normalized spacial score (nSPS) is 11.4. The van der Waals surface area contributed by atoms with Gasteiger partial charge in [0.25, 0.3) is 0 Å². The molecule has 21 heavy (non-hydrogen) atoms. The summed E-state index contributed by atoms with van der Waals surface area (Å²) in [5.74, 6) is 0.781. The fourth-order valence-corrected chi connectivity index (χ4v) is 2.60. The first kappa shape index (κ1) is 15.3.